The van der Waals surface area contributed by atoms with Crippen molar-refractivity contribution in [3.8, 4) is 63.5 Å². The number of nitrogens with one attached hydrogen (secondary N) is 1. The van der Waals surface area contributed by atoms with Crippen LogP contribution in [-0.2, 0) is 118 Å². The number of carbonyl (C=O) groups excluding carboxylic acids is 10. The summed E-state index contributed by atoms with van der Waals surface area (Å²) in [5.41, 5.74) is 5.40. The topological polar surface area (TPSA) is 320 Å². The fourth-order valence-corrected chi connectivity index (χ4v) is 14.6. The van der Waals surface area contributed by atoms with Crippen LogP contribution in [0.4, 0.5) is 18.9 Å². The lowest BCUT2D eigenvalue weighted by atomic mass is 9.72. The molecule has 634 valence electrons. The van der Waals surface area contributed by atoms with Crippen LogP contribution in [0.15, 0.2) is 140 Å². The highest BCUT2D eigenvalue weighted by atomic mass is 19.4. The molecule has 8 aromatic rings. The van der Waals surface area contributed by atoms with E-state index in [4.69, 9.17) is 62.3 Å². The first-order valence-corrected chi connectivity index (χ1v) is 39.8. The Bertz CT molecular complexity index is 5180. The fourth-order valence-electron chi connectivity index (χ4n) is 14.6. The molecule has 26 nitrogen and oxygen atoms in total. The number of benzene rings is 5. The Labute approximate surface area is 703 Å². The van der Waals surface area contributed by atoms with Gasteiger partial charge in [0.05, 0.1) is 127 Å². The number of amides is 1. The summed E-state index contributed by atoms with van der Waals surface area (Å²) >= 11 is 0. The SMILES string of the molecule is CCOC(=O)COc1cc(NC(=O)C(F)(F)F)ccc1C#Cc1cc(CN(CC(=O)OCC)Cc2cc(C#Cc3ccc4c(c3)C(CC(=O)OCC)(CC(=O)OCC)c3ccccc3-4)cc(C(=O)OCC)n2)nc(CN(CC(=O)OCC)Cc2cc(C#Cc3ccc4c(c3)C(CC(=O)OCC)(CC(=O)OCC)c3ccccc3-4)cc(C(=O)OCC)n2)c1. The minimum Gasteiger partial charge on any atom is -0.481 e. The molecule has 0 atom stereocenters. The van der Waals surface area contributed by atoms with Gasteiger partial charge in [-0.15, -0.1) is 0 Å². The third-order valence-corrected chi connectivity index (χ3v) is 19.2. The third-order valence-electron chi connectivity index (χ3n) is 19.2. The molecule has 0 fully saturated rings. The summed E-state index contributed by atoms with van der Waals surface area (Å²) in [4.78, 5) is 152. The molecule has 1 amide bonds. The van der Waals surface area contributed by atoms with E-state index in [0.717, 1.165) is 45.5 Å². The number of anilines is 1. The maximum Gasteiger partial charge on any atom is 0.471 e. The van der Waals surface area contributed by atoms with Crippen LogP contribution < -0.4 is 10.1 Å². The molecule has 0 aliphatic heterocycles. The number of halogens is 3. The number of rotatable bonds is 35. The van der Waals surface area contributed by atoms with Crippen LogP contribution >= 0.6 is 0 Å². The van der Waals surface area contributed by atoms with E-state index < -0.39 is 96.3 Å². The molecule has 0 radical (unpaired) electrons. The lowest BCUT2D eigenvalue weighted by Crippen LogP contribution is -2.33. The standard InChI is InChI=1S/C93H91F3N6O20/c1-10-113-81(103)48-91(49-82(104)114-11-2)74-25-21-19-23-70(74)72-37-32-59(43-76(72)91)27-29-62-41-68(98-78(45-62)88(110)120-17-8)54-101(56-85(107)117-14-5)52-66-39-61(31-34-64-35-36-65(100-90(112)93(94,95)96)47-80(64)122-58-87(109)119-16-7)40-67(97-66)53-102(57-86(108)118-15-6)55-69-42-63(46-79(99-69)89(111)121-18-9)30-28-60-33-38-73-71-24-20-22-26-75(71)92(77(73)44-60,50-83(105)115-12-3)51-84(106)116-13-4/h19-26,32-33,35-47H,10-18,48-58H2,1-9H3,(H,100,112). The lowest BCUT2D eigenvalue weighted by Gasteiger charge is -2.30. The zero-order valence-corrected chi connectivity index (χ0v) is 69.0. The molecule has 29 heteroatoms. The second-order valence-electron chi connectivity index (χ2n) is 27.9. The Kier molecular flexibility index (Phi) is 31.5. The van der Waals surface area contributed by atoms with E-state index in [1.54, 1.807) is 114 Å². The summed E-state index contributed by atoms with van der Waals surface area (Å²) < 4.78 is 95.5. The summed E-state index contributed by atoms with van der Waals surface area (Å²) in [6.07, 6.45) is -6.04. The average Bonchev–Trinajstić information content (AvgIpc) is 1.57. The van der Waals surface area contributed by atoms with Gasteiger partial charge in [-0.25, -0.2) is 24.4 Å². The molecule has 2 aliphatic rings. The summed E-state index contributed by atoms with van der Waals surface area (Å²) in [6.45, 7) is 12.7. The summed E-state index contributed by atoms with van der Waals surface area (Å²) in [7, 11) is 0. The number of pyridine rings is 3. The Balaban J connectivity index is 1.07. The lowest BCUT2D eigenvalue weighted by molar-refractivity contribution is -0.167. The molecular weight excluding hydrogens is 1580 g/mol. The van der Waals surface area contributed by atoms with Crippen LogP contribution in [0, 0.1) is 35.5 Å². The van der Waals surface area contributed by atoms with Crippen molar-refractivity contribution in [1.29, 1.82) is 0 Å². The minimum atomic E-state index is -5.28. The van der Waals surface area contributed by atoms with Gasteiger partial charge in [0.15, 0.2) is 6.61 Å². The predicted molar refractivity (Wildman–Crippen MR) is 438 cm³/mol. The van der Waals surface area contributed by atoms with E-state index in [1.807, 2.05) is 72.8 Å². The van der Waals surface area contributed by atoms with Crippen LogP contribution in [-0.4, -0.2) is 170 Å². The van der Waals surface area contributed by atoms with Crippen molar-refractivity contribution in [2.45, 2.75) is 131 Å². The average molecular weight is 1670 g/mol. The first-order chi connectivity index (χ1) is 58.7. The molecule has 3 aromatic heterocycles. The number of carbonyl (C=O) groups is 10. The van der Waals surface area contributed by atoms with Crippen LogP contribution in [0.25, 0.3) is 22.3 Å². The Morgan fingerprint density at radius 3 is 1.10 bits per heavy atom. The number of alkyl halides is 3. The van der Waals surface area contributed by atoms with Gasteiger partial charge < -0.3 is 52.7 Å². The molecule has 0 unspecified atom stereocenters. The highest BCUT2D eigenvalue weighted by Gasteiger charge is 2.49. The van der Waals surface area contributed by atoms with Crippen molar-refractivity contribution < 1.29 is 108 Å². The molecule has 2 aliphatic carbocycles. The maximum absolute atomic E-state index is 13.9. The zero-order chi connectivity index (χ0) is 87.7. The van der Waals surface area contributed by atoms with Crippen molar-refractivity contribution in [1.82, 2.24) is 24.8 Å². The second-order valence-corrected chi connectivity index (χ2v) is 27.9. The highest BCUT2D eigenvalue weighted by molar-refractivity contribution is 5.96. The van der Waals surface area contributed by atoms with Crippen LogP contribution in [0.3, 0.4) is 0 Å². The van der Waals surface area contributed by atoms with Gasteiger partial charge in [0.1, 0.15) is 17.1 Å². The number of hydrogen-bond donors (Lipinski definition) is 1. The number of esters is 9. The molecular formula is C93H91F3N6O20. The molecule has 0 bridgehead atoms. The van der Waals surface area contributed by atoms with Gasteiger partial charge >= 0.3 is 65.8 Å². The minimum absolute atomic E-state index is 0.0146. The number of aromatic nitrogens is 3. The normalized spacial score (nSPS) is 12.2. The van der Waals surface area contributed by atoms with Crippen LogP contribution in [0.5, 0.6) is 5.75 Å². The first-order valence-electron chi connectivity index (χ1n) is 39.8. The van der Waals surface area contributed by atoms with Crippen LogP contribution in [0.2, 0.25) is 0 Å². The third kappa shape index (κ3) is 23.5. The fraction of sp³-hybridized carbons (Fsp3) is 0.344. The first kappa shape index (κ1) is 90.8. The van der Waals surface area contributed by atoms with E-state index in [0.29, 0.717) is 22.3 Å². The van der Waals surface area contributed by atoms with Gasteiger partial charge in [-0.1, -0.05) is 96.2 Å². The summed E-state index contributed by atoms with van der Waals surface area (Å²) in [5, 5.41) is 1.77. The van der Waals surface area contributed by atoms with Crippen molar-refractivity contribution in [2.24, 2.45) is 0 Å². The van der Waals surface area contributed by atoms with E-state index in [1.165, 1.54) is 18.2 Å². The Morgan fingerprint density at radius 2 is 0.705 bits per heavy atom. The summed E-state index contributed by atoms with van der Waals surface area (Å²) in [6, 6.07) is 38.6. The highest BCUT2D eigenvalue weighted by Crippen LogP contribution is 2.55. The smallest absolute Gasteiger partial charge is 0.471 e. The van der Waals surface area contributed by atoms with Gasteiger partial charge in [0, 0.05) is 76.6 Å². The van der Waals surface area contributed by atoms with Crippen molar-refractivity contribution in [2.75, 3.05) is 84.5 Å². The molecule has 10 rings (SSSR count). The van der Waals surface area contributed by atoms with Crippen molar-refractivity contribution in [3.63, 3.8) is 0 Å². The molecule has 0 spiro atoms. The molecule has 5 aromatic carbocycles. The van der Waals surface area contributed by atoms with E-state index >= 15 is 0 Å². The molecule has 1 N–H and O–H groups in total. The van der Waals surface area contributed by atoms with Gasteiger partial charge in [-0.05, 0) is 180 Å². The number of nitrogens with zero attached hydrogens (tertiary/aromatic N) is 5. The largest absolute Gasteiger partial charge is 0.481 e. The van der Waals surface area contributed by atoms with Crippen molar-refractivity contribution in [3.05, 3.63) is 229 Å². The predicted octanol–water partition coefficient (Wildman–Crippen LogP) is 12.3. The van der Waals surface area contributed by atoms with E-state index in [2.05, 4.69) is 35.5 Å². The summed E-state index contributed by atoms with van der Waals surface area (Å²) in [5.74, 6) is 10.4. The van der Waals surface area contributed by atoms with Gasteiger partial charge in [-0.3, -0.25) is 48.3 Å². The quantitative estimate of drug-likeness (QED) is 0.0219. The molecule has 0 saturated heterocycles. The number of hydrogen-bond acceptors (Lipinski definition) is 25. The van der Waals surface area contributed by atoms with Crippen LogP contribution in [0.1, 0.15) is 187 Å². The Hall–Kier alpha value is -13.6. The van der Waals surface area contributed by atoms with E-state index in [-0.39, 0.29) is 179 Å². The molecule has 0 saturated carbocycles. The van der Waals surface area contributed by atoms with Gasteiger partial charge in [-0.2, -0.15) is 13.2 Å². The monoisotopic (exact) mass is 1670 g/mol. The maximum atomic E-state index is 13.9. The molecule has 122 heavy (non-hydrogen) atoms. The zero-order valence-electron chi connectivity index (χ0n) is 69.0. The van der Waals surface area contributed by atoms with Crippen molar-refractivity contribution >= 4 is 65.3 Å². The molecule has 3 heterocycles. The number of ether oxygens (including phenoxy) is 10. The second kappa shape index (κ2) is 42.4. The van der Waals surface area contributed by atoms with E-state index in [9.17, 15) is 61.1 Å². The van der Waals surface area contributed by atoms with Gasteiger partial charge in [0.25, 0.3) is 0 Å². The number of fused-ring (bicyclic) bond motifs is 6. The van der Waals surface area contributed by atoms with Gasteiger partial charge in [0.2, 0.25) is 0 Å². The Morgan fingerprint density at radius 1 is 0.361 bits per heavy atom.